The first-order valence-corrected chi connectivity index (χ1v) is 7.57. The molecule has 0 fully saturated rings. The Labute approximate surface area is 133 Å². The quantitative estimate of drug-likeness (QED) is 0.740. The molecular weight excluding hydrogens is 334 g/mol. The van der Waals surface area contributed by atoms with Crippen LogP contribution in [0.25, 0.3) is 0 Å². The van der Waals surface area contributed by atoms with Gasteiger partial charge in [0.05, 0.1) is 11.1 Å². The third-order valence-electron chi connectivity index (χ3n) is 3.09. The molecule has 2 rings (SSSR count). The van der Waals surface area contributed by atoms with Crippen molar-refractivity contribution in [3.8, 4) is 5.75 Å². The van der Waals surface area contributed by atoms with E-state index in [0.29, 0.717) is 13.2 Å². The first kappa shape index (κ1) is 16.0. The zero-order valence-electron chi connectivity index (χ0n) is 12.3. The number of hydrogen-bond acceptors (Lipinski definition) is 4. The smallest absolute Gasteiger partial charge is 0.146 e. The zero-order chi connectivity index (χ0) is 15.1. The highest BCUT2D eigenvalue weighted by molar-refractivity contribution is 9.10. The Kier molecular flexibility index (Phi) is 6.22. The summed E-state index contributed by atoms with van der Waals surface area (Å²) in [6.45, 7) is 2.81. The maximum atomic E-state index is 5.79. The van der Waals surface area contributed by atoms with Gasteiger partial charge in [-0.3, -0.25) is 0 Å². The number of aromatic nitrogens is 2. The van der Waals surface area contributed by atoms with E-state index >= 15 is 0 Å². The van der Waals surface area contributed by atoms with E-state index < -0.39 is 0 Å². The average Bonchev–Trinajstić information content (AvgIpc) is 2.88. The molecule has 1 heterocycles. The number of rotatable bonds is 8. The van der Waals surface area contributed by atoms with Gasteiger partial charge in [-0.25, -0.2) is 4.98 Å². The van der Waals surface area contributed by atoms with Crippen LogP contribution in [0.1, 0.15) is 11.4 Å². The van der Waals surface area contributed by atoms with Crippen LogP contribution in [0.4, 0.5) is 0 Å². The fourth-order valence-corrected chi connectivity index (χ4v) is 2.40. The second-order valence-electron chi connectivity index (χ2n) is 4.68. The van der Waals surface area contributed by atoms with Gasteiger partial charge < -0.3 is 19.4 Å². The van der Waals surface area contributed by atoms with Crippen LogP contribution in [0, 0.1) is 0 Å². The number of nitrogens with zero attached hydrogens (tertiary/aromatic N) is 2. The number of methoxy groups -OCH3 is 1. The number of halogens is 1. The van der Waals surface area contributed by atoms with E-state index in [0.717, 1.165) is 29.1 Å². The maximum absolute atomic E-state index is 5.79. The van der Waals surface area contributed by atoms with Gasteiger partial charge in [-0.15, -0.1) is 0 Å². The van der Waals surface area contributed by atoms with Crippen molar-refractivity contribution in [2.24, 2.45) is 7.05 Å². The highest BCUT2D eigenvalue weighted by Crippen LogP contribution is 2.26. The van der Waals surface area contributed by atoms with Crippen molar-refractivity contribution in [2.75, 3.05) is 20.3 Å². The van der Waals surface area contributed by atoms with E-state index in [-0.39, 0.29) is 0 Å². The number of imidazole rings is 1. The third kappa shape index (κ3) is 4.84. The normalized spacial score (nSPS) is 10.8. The van der Waals surface area contributed by atoms with Crippen LogP contribution in [0.5, 0.6) is 5.75 Å². The van der Waals surface area contributed by atoms with Gasteiger partial charge in [0.15, 0.2) is 0 Å². The molecule has 1 aromatic carbocycles. The van der Waals surface area contributed by atoms with Crippen LogP contribution >= 0.6 is 15.9 Å². The van der Waals surface area contributed by atoms with Crippen molar-refractivity contribution in [1.82, 2.24) is 14.9 Å². The maximum Gasteiger partial charge on any atom is 0.146 e. The second kappa shape index (κ2) is 8.17. The molecule has 0 aliphatic carbocycles. The SMILES string of the molecule is COCCNCc1ccc(OCc2nccn2C)c(Br)c1. The fourth-order valence-electron chi connectivity index (χ4n) is 1.86. The van der Waals surface area contributed by atoms with Crippen LogP contribution in [-0.2, 0) is 24.9 Å². The molecule has 5 nitrogen and oxygen atoms in total. The first-order valence-electron chi connectivity index (χ1n) is 6.78. The molecule has 0 aliphatic heterocycles. The summed E-state index contributed by atoms with van der Waals surface area (Å²) in [6, 6.07) is 6.09. The van der Waals surface area contributed by atoms with Crippen molar-refractivity contribution >= 4 is 15.9 Å². The van der Waals surface area contributed by atoms with Gasteiger partial charge in [-0.2, -0.15) is 0 Å². The molecule has 0 unspecified atom stereocenters. The largest absolute Gasteiger partial charge is 0.485 e. The van der Waals surface area contributed by atoms with Gasteiger partial charge in [0, 0.05) is 39.6 Å². The Morgan fingerprint density at radius 3 is 2.90 bits per heavy atom. The zero-order valence-corrected chi connectivity index (χ0v) is 13.9. The molecule has 1 aromatic heterocycles. The molecule has 0 aliphatic rings. The van der Waals surface area contributed by atoms with Gasteiger partial charge in [0.2, 0.25) is 0 Å². The number of aryl methyl sites for hydroxylation is 1. The third-order valence-corrected chi connectivity index (χ3v) is 3.71. The van der Waals surface area contributed by atoms with E-state index in [2.05, 4.69) is 38.4 Å². The lowest BCUT2D eigenvalue weighted by molar-refractivity contribution is 0.199. The molecule has 0 saturated heterocycles. The summed E-state index contributed by atoms with van der Waals surface area (Å²) in [5.41, 5.74) is 1.20. The van der Waals surface area contributed by atoms with E-state index in [4.69, 9.17) is 9.47 Å². The molecular formula is C15H20BrN3O2. The molecule has 6 heteroatoms. The Hall–Kier alpha value is -1.37. The molecule has 1 N–H and O–H groups in total. The van der Waals surface area contributed by atoms with E-state index in [1.165, 1.54) is 5.56 Å². The monoisotopic (exact) mass is 353 g/mol. The molecule has 0 radical (unpaired) electrons. The van der Waals surface area contributed by atoms with E-state index in [1.807, 2.05) is 23.9 Å². The number of benzene rings is 1. The van der Waals surface area contributed by atoms with Crippen molar-refractivity contribution in [2.45, 2.75) is 13.2 Å². The minimum absolute atomic E-state index is 0.452. The van der Waals surface area contributed by atoms with Crippen molar-refractivity contribution in [3.63, 3.8) is 0 Å². The summed E-state index contributed by atoms with van der Waals surface area (Å²) in [5.74, 6) is 1.71. The van der Waals surface area contributed by atoms with Crippen LogP contribution in [0.15, 0.2) is 35.1 Å². The molecule has 0 bridgehead atoms. The minimum Gasteiger partial charge on any atom is -0.485 e. The van der Waals surface area contributed by atoms with Gasteiger partial charge >= 0.3 is 0 Å². The number of ether oxygens (including phenoxy) is 2. The highest BCUT2D eigenvalue weighted by Gasteiger charge is 2.05. The Morgan fingerprint density at radius 1 is 1.38 bits per heavy atom. The molecule has 0 saturated carbocycles. The fraction of sp³-hybridized carbons (Fsp3) is 0.400. The Bertz CT molecular complexity index is 572. The summed E-state index contributed by atoms with van der Waals surface area (Å²) in [4.78, 5) is 4.24. The lowest BCUT2D eigenvalue weighted by Gasteiger charge is -2.10. The topological polar surface area (TPSA) is 48.3 Å². The van der Waals surface area contributed by atoms with Gasteiger partial charge in [-0.05, 0) is 33.6 Å². The van der Waals surface area contributed by atoms with Crippen molar-refractivity contribution < 1.29 is 9.47 Å². The summed E-state index contributed by atoms with van der Waals surface area (Å²) < 4.78 is 13.7. The van der Waals surface area contributed by atoms with Crippen molar-refractivity contribution in [3.05, 3.63) is 46.5 Å². The van der Waals surface area contributed by atoms with Gasteiger partial charge in [0.25, 0.3) is 0 Å². The molecule has 21 heavy (non-hydrogen) atoms. The summed E-state index contributed by atoms with van der Waals surface area (Å²) in [7, 11) is 3.65. The molecule has 0 atom stereocenters. The molecule has 0 spiro atoms. The lowest BCUT2D eigenvalue weighted by Crippen LogP contribution is -2.18. The molecule has 2 aromatic rings. The summed E-state index contributed by atoms with van der Waals surface area (Å²) >= 11 is 3.55. The average molecular weight is 354 g/mol. The van der Waals surface area contributed by atoms with E-state index in [9.17, 15) is 0 Å². The Morgan fingerprint density at radius 2 is 2.24 bits per heavy atom. The first-order chi connectivity index (χ1) is 10.2. The van der Waals surface area contributed by atoms with Gasteiger partial charge in [0.1, 0.15) is 18.2 Å². The second-order valence-corrected chi connectivity index (χ2v) is 5.53. The van der Waals surface area contributed by atoms with Crippen LogP contribution in [0.2, 0.25) is 0 Å². The minimum atomic E-state index is 0.452. The number of hydrogen-bond donors (Lipinski definition) is 1. The standard InChI is InChI=1S/C15H20BrN3O2/c1-19-7-5-18-15(19)11-21-14-4-3-12(9-13(14)16)10-17-6-8-20-2/h3-5,7,9,17H,6,8,10-11H2,1-2H3. The highest BCUT2D eigenvalue weighted by atomic mass is 79.9. The van der Waals surface area contributed by atoms with Crippen LogP contribution < -0.4 is 10.1 Å². The van der Waals surface area contributed by atoms with Gasteiger partial charge in [-0.1, -0.05) is 6.07 Å². The van der Waals surface area contributed by atoms with Crippen LogP contribution in [0.3, 0.4) is 0 Å². The molecule has 114 valence electrons. The summed E-state index contributed by atoms with van der Waals surface area (Å²) in [5, 5.41) is 3.31. The predicted octanol–water partition coefficient (Wildman–Crippen LogP) is 2.50. The molecule has 0 amide bonds. The van der Waals surface area contributed by atoms with Crippen molar-refractivity contribution in [1.29, 1.82) is 0 Å². The number of nitrogens with one attached hydrogen (secondary N) is 1. The summed E-state index contributed by atoms with van der Waals surface area (Å²) in [6.07, 6.45) is 3.67. The predicted molar refractivity (Wildman–Crippen MR) is 85.3 cm³/mol. The van der Waals surface area contributed by atoms with Crippen LogP contribution in [-0.4, -0.2) is 29.8 Å². The Balaban J connectivity index is 1.88. The lowest BCUT2D eigenvalue weighted by atomic mass is 10.2. The van der Waals surface area contributed by atoms with E-state index in [1.54, 1.807) is 13.3 Å².